The first kappa shape index (κ1) is 13.6. The number of carbonyl (C=O) groups excluding carboxylic acids is 1. The van der Waals surface area contributed by atoms with E-state index in [4.69, 9.17) is 9.84 Å². The number of urea groups is 1. The summed E-state index contributed by atoms with van der Waals surface area (Å²) in [5.74, 6) is 0. The Morgan fingerprint density at radius 1 is 1.33 bits per heavy atom. The lowest BCUT2D eigenvalue weighted by Crippen LogP contribution is -2.52. The van der Waals surface area contributed by atoms with Crippen molar-refractivity contribution in [1.29, 1.82) is 0 Å². The van der Waals surface area contributed by atoms with Crippen LogP contribution in [-0.4, -0.2) is 54.5 Å². The average Bonchev–Trinajstić information content (AvgIpc) is 3.20. The molecule has 0 aliphatic heterocycles. The zero-order valence-corrected chi connectivity index (χ0v) is 11.1. The first-order chi connectivity index (χ1) is 8.76. The molecule has 104 valence electrons. The largest absolute Gasteiger partial charge is 0.395 e. The summed E-state index contributed by atoms with van der Waals surface area (Å²) in [7, 11) is 1.71. The predicted molar refractivity (Wildman–Crippen MR) is 68.4 cm³/mol. The third-order valence-corrected chi connectivity index (χ3v) is 3.90. The molecule has 0 aromatic rings. The highest BCUT2D eigenvalue weighted by Crippen LogP contribution is 2.27. The molecule has 18 heavy (non-hydrogen) atoms. The molecule has 2 aliphatic carbocycles. The second kappa shape index (κ2) is 6.38. The van der Waals surface area contributed by atoms with Crippen molar-refractivity contribution in [3.63, 3.8) is 0 Å². The van der Waals surface area contributed by atoms with Crippen LogP contribution in [0.3, 0.4) is 0 Å². The summed E-state index contributed by atoms with van der Waals surface area (Å²) >= 11 is 0. The van der Waals surface area contributed by atoms with Crippen LogP contribution in [0.5, 0.6) is 0 Å². The summed E-state index contributed by atoms with van der Waals surface area (Å²) in [5, 5.41) is 12.1. The maximum atomic E-state index is 12.2. The van der Waals surface area contributed by atoms with Gasteiger partial charge in [-0.2, -0.15) is 0 Å². The molecule has 0 aromatic carbocycles. The molecular formula is C13H24N2O3. The average molecular weight is 256 g/mol. The van der Waals surface area contributed by atoms with E-state index in [0.717, 1.165) is 32.1 Å². The fourth-order valence-corrected chi connectivity index (χ4v) is 2.73. The quantitative estimate of drug-likeness (QED) is 0.774. The number of hydrogen-bond acceptors (Lipinski definition) is 3. The summed E-state index contributed by atoms with van der Waals surface area (Å²) in [5.41, 5.74) is 0. The molecule has 0 aromatic heterocycles. The molecule has 2 unspecified atom stereocenters. The van der Waals surface area contributed by atoms with Crippen LogP contribution in [0.4, 0.5) is 4.79 Å². The Bertz CT molecular complexity index is 281. The zero-order valence-electron chi connectivity index (χ0n) is 11.1. The molecule has 2 fully saturated rings. The number of hydrogen-bond donors (Lipinski definition) is 2. The Hall–Kier alpha value is -0.810. The first-order valence-electron chi connectivity index (χ1n) is 6.97. The van der Waals surface area contributed by atoms with Crippen LogP contribution >= 0.6 is 0 Å². The monoisotopic (exact) mass is 256 g/mol. The van der Waals surface area contributed by atoms with E-state index in [1.54, 1.807) is 12.0 Å². The number of methoxy groups -OCH3 is 1. The zero-order chi connectivity index (χ0) is 13.0. The van der Waals surface area contributed by atoms with Gasteiger partial charge in [0.15, 0.2) is 0 Å². The smallest absolute Gasteiger partial charge is 0.318 e. The molecule has 2 aliphatic rings. The molecule has 2 saturated carbocycles. The van der Waals surface area contributed by atoms with E-state index >= 15 is 0 Å². The van der Waals surface area contributed by atoms with Crippen LogP contribution in [0.15, 0.2) is 0 Å². The van der Waals surface area contributed by atoms with Crippen molar-refractivity contribution in [2.75, 3.05) is 20.3 Å². The topological polar surface area (TPSA) is 61.8 Å². The van der Waals surface area contributed by atoms with Crippen LogP contribution in [0.25, 0.3) is 0 Å². The second-order valence-electron chi connectivity index (χ2n) is 5.26. The number of amides is 2. The van der Waals surface area contributed by atoms with Gasteiger partial charge >= 0.3 is 6.03 Å². The molecule has 5 nitrogen and oxygen atoms in total. The highest BCUT2D eigenvalue weighted by atomic mass is 16.5. The maximum absolute atomic E-state index is 12.2. The standard InChI is InChI=1S/C13H24N2O3/c1-18-12-5-3-2-4-11(12)14-13(17)15(8-9-16)10-6-7-10/h10-12,16H,2-9H2,1H3,(H,14,17). The van der Waals surface area contributed by atoms with Gasteiger partial charge < -0.3 is 20.1 Å². The number of nitrogens with one attached hydrogen (secondary N) is 1. The Balaban J connectivity index is 1.87. The number of aliphatic hydroxyl groups excluding tert-OH is 1. The second-order valence-corrected chi connectivity index (χ2v) is 5.26. The van der Waals surface area contributed by atoms with Crippen molar-refractivity contribution in [2.24, 2.45) is 0 Å². The van der Waals surface area contributed by atoms with Gasteiger partial charge in [-0.15, -0.1) is 0 Å². The summed E-state index contributed by atoms with van der Waals surface area (Å²) in [6.07, 6.45) is 6.59. The van der Waals surface area contributed by atoms with Crippen LogP contribution < -0.4 is 5.32 Å². The molecule has 5 heteroatoms. The lowest BCUT2D eigenvalue weighted by Gasteiger charge is -2.33. The summed E-state index contributed by atoms with van der Waals surface area (Å²) in [6, 6.07) is 0.415. The highest BCUT2D eigenvalue weighted by Gasteiger charge is 2.34. The first-order valence-corrected chi connectivity index (χ1v) is 6.97. The molecule has 2 N–H and O–H groups in total. The van der Waals surface area contributed by atoms with Gasteiger partial charge in [0.05, 0.1) is 18.8 Å². The molecule has 2 atom stereocenters. The molecule has 0 saturated heterocycles. The van der Waals surface area contributed by atoms with E-state index in [9.17, 15) is 4.79 Å². The predicted octanol–water partition coefficient (Wildman–Crippen LogP) is 1.11. The van der Waals surface area contributed by atoms with Crippen LogP contribution in [-0.2, 0) is 4.74 Å². The van der Waals surface area contributed by atoms with E-state index in [1.807, 2.05) is 0 Å². The van der Waals surface area contributed by atoms with Gasteiger partial charge in [-0.1, -0.05) is 12.8 Å². The number of rotatable bonds is 5. The minimum atomic E-state index is -0.0412. The van der Waals surface area contributed by atoms with Gasteiger partial charge in [0, 0.05) is 19.7 Å². The molecule has 0 radical (unpaired) electrons. The normalized spacial score (nSPS) is 27.9. The third-order valence-electron chi connectivity index (χ3n) is 3.90. The highest BCUT2D eigenvalue weighted by molar-refractivity contribution is 5.75. The summed E-state index contributed by atoms with van der Waals surface area (Å²) < 4.78 is 5.44. The van der Waals surface area contributed by atoms with Crippen molar-refractivity contribution in [3.05, 3.63) is 0 Å². The van der Waals surface area contributed by atoms with Crippen LogP contribution in [0, 0.1) is 0 Å². The van der Waals surface area contributed by atoms with Gasteiger partial charge in [0.2, 0.25) is 0 Å². The van der Waals surface area contributed by atoms with Crippen LogP contribution in [0.1, 0.15) is 38.5 Å². The van der Waals surface area contributed by atoms with Crippen LogP contribution in [0.2, 0.25) is 0 Å². The van der Waals surface area contributed by atoms with E-state index in [0.29, 0.717) is 12.6 Å². The summed E-state index contributed by atoms with van der Waals surface area (Å²) in [4.78, 5) is 14.0. The molecule has 0 heterocycles. The Morgan fingerprint density at radius 3 is 2.67 bits per heavy atom. The number of nitrogens with zero attached hydrogens (tertiary/aromatic N) is 1. The molecule has 2 rings (SSSR count). The van der Waals surface area contributed by atoms with E-state index < -0.39 is 0 Å². The maximum Gasteiger partial charge on any atom is 0.318 e. The number of carbonyl (C=O) groups is 1. The fraction of sp³-hybridized carbons (Fsp3) is 0.923. The van der Waals surface area contributed by atoms with E-state index in [1.165, 1.54) is 6.42 Å². The lowest BCUT2D eigenvalue weighted by molar-refractivity contribution is 0.0425. The molecule has 2 amide bonds. The number of aliphatic hydroxyl groups is 1. The summed E-state index contributed by atoms with van der Waals surface area (Å²) in [6.45, 7) is 0.461. The minimum absolute atomic E-state index is 0.0301. The van der Waals surface area contributed by atoms with Gasteiger partial charge in [0.25, 0.3) is 0 Å². The van der Waals surface area contributed by atoms with Gasteiger partial charge in [-0.3, -0.25) is 0 Å². The Morgan fingerprint density at radius 2 is 2.06 bits per heavy atom. The van der Waals surface area contributed by atoms with Crippen molar-refractivity contribution in [3.8, 4) is 0 Å². The van der Waals surface area contributed by atoms with Gasteiger partial charge in [0.1, 0.15) is 0 Å². The SMILES string of the molecule is COC1CCCCC1NC(=O)N(CCO)C1CC1. The van der Waals surface area contributed by atoms with Crippen molar-refractivity contribution in [2.45, 2.75) is 56.7 Å². The van der Waals surface area contributed by atoms with Crippen molar-refractivity contribution in [1.82, 2.24) is 10.2 Å². The molecule has 0 bridgehead atoms. The lowest BCUT2D eigenvalue weighted by atomic mass is 9.92. The number of ether oxygens (including phenoxy) is 1. The Kier molecular flexibility index (Phi) is 4.83. The van der Waals surface area contributed by atoms with Gasteiger partial charge in [-0.25, -0.2) is 4.79 Å². The third kappa shape index (κ3) is 3.36. The van der Waals surface area contributed by atoms with Crippen molar-refractivity contribution >= 4 is 6.03 Å². The fourth-order valence-electron chi connectivity index (χ4n) is 2.73. The molecular weight excluding hydrogens is 232 g/mol. The van der Waals surface area contributed by atoms with Gasteiger partial charge in [-0.05, 0) is 25.7 Å². The molecule has 0 spiro atoms. The van der Waals surface area contributed by atoms with E-state index in [-0.39, 0.29) is 24.8 Å². The van der Waals surface area contributed by atoms with Crippen molar-refractivity contribution < 1.29 is 14.6 Å². The minimum Gasteiger partial charge on any atom is -0.395 e. The Labute approximate surface area is 108 Å². The van der Waals surface area contributed by atoms with E-state index in [2.05, 4.69) is 5.32 Å².